The number of hydrogen-bond donors (Lipinski definition) is 1. The Morgan fingerprint density at radius 2 is 2.09 bits per heavy atom. The topological polar surface area (TPSA) is 40.5 Å². The van der Waals surface area contributed by atoms with E-state index in [0.717, 1.165) is 44.2 Å². The minimum absolute atomic E-state index is 0.140. The predicted octanol–water partition coefficient (Wildman–Crippen LogP) is 3.38. The third kappa shape index (κ3) is 2.65. The van der Waals surface area contributed by atoms with Crippen molar-refractivity contribution in [2.45, 2.75) is 44.4 Å². The SMILES string of the molecule is CC1(CO)CCCN(C(=O)C2(c3cccc(Cl)c3)CCC2)C1. The molecule has 1 N–H and O–H groups in total. The van der Waals surface area contributed by atoms with Gasteiger partial charge in [0.05, 0.1) is 12.0 Å². The third-order valence-electron chi connectivity index (χ3n) is 5.44. The van der Waals surface area contributed by atoms with Gasteiger partial charge < -0.3 is 10.0 Å². The van der Waals surface area contributed by atoms with Crippen LogP contribution in [0.15, 0.2) is 24.3 Å². The van der Waals surface area contributed by atoms with Crippen molar-refractivity contribution in [2.24, 2.45) is 5.41 Å². The van der Waals surface area contributed by atoms with Crippen molar-refractivity contribution in [3.05, 3.63) is 34.9 Å². The van der Waals surface area contributed by atoms with E-state index in [1.165, 1.54) is 0 Å². The molecule has 0 aromatic heterocycles. The summed E-state index contributed by atoms with van der Waals surface area (Å²) in [4.78, 5) is 15.2. The number of hydrogen-bond acceptors (Lipinski definition) is 2. The lowest BCUT2D eigenvalue weighted by Gasteiger charge is -2.47. The van der Waals surface area contributed by atoms with Crippen LogP contribution in [0.3, 0.4) is 0 Å². The van der Waals surface area contributed by atoms with Crippen LogP contribution in [0.1, 0.15) is 44.6 Å². The Hall–Kier alpha value is -1.06. The van der Waals surface area contributed by atoms with Crippen LogP contribution in [0.25, 0.3) is 0 Å². The molecule has 22 heavy (non-hydrogen) atoms. The zero-order valence-corrected chi connectivity index (χ0v) is 13.9. The van der Waals surface area contributed by atoms with Gasteiger partial charge in [-0.15, -0.1) is 0 Å². The fraction of sp³-hybridized carbons (Fsp3) is 0.611. The highest BCUT2D eigenvalue weighted by Gasteiger charge is 2.49. The maximum Gasteiger partial charge on any atom is 0.233 e. The fourth-order valence-electron chi connectivity index (χ4n) is 3.86. The predicted molar refractivity (Wildman–Crippen MR) is 88.0 cm³/mol. The Labute approximate surface area is 137 Å². The molecule has 1 saturated carbocycles. The Morgan fingerprint density at radius 3 is 2.68 bits per heavy atom. The lowest BCUT2D eigenvalue weighted by atomic mass is 9.63. The molecule has 0 spiro atoms. The first-order chi connectivity index (χ1) is 10.5. The van der Waals surface area contributed by atoms with Crippen molar-refractivity contribution in [2.75, 3.05) is 19.7 Å². The van der Waals surface area contributed by atoms with Crippen molar-refractivity contribution in [3.63, 3.8) is 0 Å². The zero-order chi connectivity index (χ0) is 15.8. The van der Waals surface area contributed by atoms with Crippen LogP contribution >= 0.6 is 11.6 Å². The molecule has 1 aromatic carbocycles. The van der Waals surface area contributed by atoms with Crippen molar-refractivity contribution >= 4 is 17.5 Å². The molecule has 0 radical (unpaired) electrons. The number of rotatable bonds is 3. The van der Waals surface area contributed by atoms with Crippen LogP contribution in [0.2, 0.25) is 5.02 Å². The molecular formula is C18H24ClNO2. The van der Waals surface area contributed by atoms with Gasteiger partial charge in [-0.1, -0.05) is 37.1 Å². The van der Waals surface area contributed by atoms with Crippen LogP contribution in [0.4, 0.5) is 0 Å². The van der Waals surface area contributed by atoms with Gasteiger partial charge >= 0.3 is 0 Å². The van der Waals surface area contributed by atoms with E-state index in [9.17, 15) is 9.90 Å². The van der Waals surface area contributed by atoms with E-state index in [2.05, 4.69) is 6.92 Å². The highest BCUT2D eigenvalue weighted by atomic mass is 35.5. The van der Waals surface area contributed by atoms with Crippen LogP contribution in [-0.2, 0) is 10.2 Å². The number of aliphatic hydroxyl groups excluding tert-OH is 1. The molecule has 0 bridgehead atoms. The van der Waals surface area contributed by atoms with Crippen molar-refractivity contribution in [3.8, 4) is 0 Å². The third-order valence-corrected chi connectivity index (χ3v) is 5.68. The van der Waals surface area contributed by atoms with E-state index in [4.69, 9.17) is 11.6 Å². The number of benzene rings is 1. The number of nitrogens with zero attached hydrogens (tertiary/aromatic N) is 1. The van der Waals surface area contributed by atoms with E-state index in [1.54, 1.807) is 0 Å². The molecule has 4 heteroatoms. The molecule has 3 rings (SSSR count). The van der Waals surface area contributed by atoms with Gasteiger partial charge in [0.25, 0.3) is 0 Å². The minimum atomic E-state index is -0.390. The van der Waals surface area contributed by atoms with E-state index < -0.39 is 5.41 Å². The lowest BCUT2D eigenvalue weighted by molar-refractivity contribution is -0.145. The Bertz CT molecular complexity index is 570. The molecule has 1 aromatic rings. The molecule has 120 valence electrons. The monoisotopic (exact) mass is 321 g/mol. The molecule has 1 unspecified atom stereocenters. The van der Waals surface area contributed by atoms with Gasteiger partial charge in [-0.25, -0.2) is 0 Å². The summed E-state index contributed by atoms with van der Waals surface area (Å²) < 4.78 is 0. The molecule has 1 amide bonds. The summed E-state index contributed by atoms with van der Waals surface area (Å²) in [6, 6.07) is 7.75. The molecular weight excluding hydrogens is 298 g/mol. The first-order valence-electron chi connectivity index (χ1n) is 8.15. The summed E-state index contributed by atoms with van der Waals surface area (Å²) in [5.74, 6) is 0.223. The second-order valence-electron chi connectivity index (χ2n) is 7.25. The van der Waals surface area contributed by atoms with Crippen LogP contribution in [0.5, 0.6) is 0 Å². The molecule has 3 nitrogen and oxygen atoms in total. The number of amides is 1. The standard InChI is InChI=1S/C18H24ClNO2/c1-17(13-21)7-4-10-20(12-17)16(22)18(8-3-9-18)14-5-2-6-15(19)11-14/h2,5-6,11,21H,3-4,7-10,12-13H2,1H3. The first kappa shape index (κ1) is 15.8. The van der Waals surface area contributed by atoms with E-state index in [0.29, 0.717) is 11.6 Å². The summed E-state index contributed by atoms with van der Waals surface area (Å²) in [5, 5.41) is 10.3. The number of likely N-dealkylation sites (tertiary alicyclic amines) is 1. The smallest absolute Gasteiger partial charge is 0.233 e. The molecule has 2 aliphatic rings. The quantitative estimate of drug-likeness (QED) is 0.927. The number of carbonyl (C=O) groups excluding carboxylic acids is 1. The lowest BCUT2D eigenvalue weighted by Crippen LogP contribution is -2.55. The zero-order valence-electron chi connectivity index (χ0n) is 13.1. The normalized spacial score (nSPS) is 27.3. The highest BCUT2D eigenvalue weighted by Crippen LogP contribution is 2.46. The molecule has 1 atom stereocenters. The fourth-order valence-corrected chi connectivity index (χ4v) is 4.05. The molecule has 1 aliphatic heterocycles. The van der Waals surface area contributed by atoms with Gasteiger partial charge in [0.1, 0.15) is 0 Å². The number of carbonyl (C=O) groups is 1. The largest absolute Gasteiger partial charge is 0.396 e. The summed E-state index contributed by atoms with van der Waals surface area (Å²) in [6.45, 7) is 3.67. The molecule has 1 aliphatic carbocycles. The van der Waals surface area contributed by atoms with Gasteiger partial charge in [-0.3, -0.25) is 4.79 Å². The van der Waals surface area contributed by atoms with Gasteiger partial charge in [0.2, 0.25) is 5.91 Å². The molecule has 2 fully saturated rings. The summed E-state index contributed by atoms with van der Waals surface area (Å²) in [5.41, 5.74) is 0.499. The van der Waals surface area contributed by atoms with Gasteiger partial charge in [-0.05, 0) is 43.4 Å². The summed E-state index contributed by atoms with van der Waals surface area (Å²) in [6.07, 6.45) is 4.84. The Kier molecular flexibility index (Phi) is 4.21. The van der Waals surface area contributed by atoms with Gasteiger partial charge in [-0.2, -0.15) is 0 Å². The van der Waals surface area contributed by atoms with E-state index in [-0.39, 0.29) is 17.9 Å². The Morgan fingerprint density at radius 1 is 1.32 bits per heavy atom. The second kappa shape index (κ2) is 5.86. The summed E-state index contributed by atoms with van der Waals surface area (Å²) >= 11 is 6.13. The average Bonchev–Trinajstić information content (AvgIpc) is 2.46. The molecule has 1 saturated heterocycles. The number of aliphatic hydroxyl groups is 1. The maximum atomic E-state index is 13.2. The van der Waals surface area contributed by atoms with E-state index >= 15 is 0 Å². The van der Waals surface area contributed by atoms with E-state index in [1.807, 2.05) is 29.2 Å². The van der Waals surface area contributed by atoms with Gasteiger partial charge in [0, 0.05) is 23.5 Å². The maximum absolute atomic E-state index is 13.2. The van der Waals surface area contributed by atoms with Crippen molar-refractivity contribution in [1.29, 1.82) is 0 Å². The second-order valence-corrected chi connectivity index (χ2v) is 7.68. The average molecular weight is 322 g/mol. The van der Waals surface area contributed by atoms with Crippen LogP contribution < -0.4 is 0 Å². The first-order valence-corrected chi connectivity index (χ1v) is 8.53. The Balaban J connectivity index is 1.86. The highest BCUT2D eigenvalue weighted by molar-refractivity contribution is 6.30. The van der Waals surface area contributed by atoms with Crippen LogP contribution in [0, 0.1) is 5.41 Å². The van der Waals surface area contributed by atoms with Crippen molar-refractivity contribution in [1.82, 2.24) is 4.90 Å². The minimum Gasteiger partial charge on any atom is -0.396 e. The van der Waals surface area contributed by atoms with Crippen molar-refractivity contribution < 1.29 is 9.90 Å². The van der Waals surface area contributed by atoms with Gasteiger partial charge in [0.15, 0.2) is 0 Å². The summed E-state index contributed by atoms with van der Waals surface area (Å²) in [7, 11) is 0. The van der Waals surface area contributed by atoms with Crippen LogP contribution in [-0.4, -0.2) is 35.6 Å². The number of piperidine rings is 1. The number of halogens is 1. The molecule has 1 heterocycles.